The Kier molecular flexibility index (Phi) is 31.7. The second-order valence-corrected chi connectivity index (χ2v) is 12.2. The molecule has 222 valence electrons. The molecule has 0 saturated carbocycles. The van der Waals surface area contributed by atoms with Crippen LogP contribution < -0.4 is 0 Å². The lowest BCUT2D eigenvalue weighted by Gasteiger charge is -2.22. The SMILES string of the molecule is C=C(CCCCCCCCCCCCCCC)CCN(CCC)CCCCCCCCCCCCCC. The summed E-state index contributed by atoms with van der Waals surface area (Å²) in [5.41, 5.74) is 1.50. The molecule has 0 fully saturated rings. The lowest BCUT2D eigenvalue weighted by atomic mass is 10.0. The van der Waals surface area contributed by atoms with Gasteiger partial charge in [0.2, 0.25) is 0 Å². The molecule has 0 atom stereocenters. The van der Waals surface area contributed by atoms with Gasteiger partial charge in [0.1, 0.15) is 0 Å². The predicted octanol–water partition coefficient (Wildman–Crippen LogP) is 12.8. The first kappa shape index (κ1) is 36.7. The van der Waals surface area contributed by atoms with E-state index >= 15 is 0 Å². The van der Waals surface area contributed by atoms with Crippen LogP contribution in [-0.4, -0.2) is 24.5 Å². The molecule has 0 spiro atoms. The molecule has 0 amide bonds. The van der Waals surface area contributed by atoms with Gasteiger partial charge in [-0.15, -0.1) is 0 Å². The van der Waals surface area contributed by atoms with E-state index in [9.17, 15) is 0 Å². The summed E-state index contributed by atoms with van der Waals surface area (Å²) in [5.74, 6) is 0. The van der Waals surface area contributed by atoms with Crippen LogP contribution >= 0.6 is 0 Å². The molecule has 0 aliphatic heterocycles. The third-order valence-electron chi connectivity index (χ3n) is 8.28. The Hall–Kier alpha value is -0.300. The summed E-state index contributed by atoms with van der Waals surface area (Å²) in [6.45, 7) is 15.2. The van der Waals surface area contributed by atoms with Gasteiger partial charge < -0.3 is 4.90 Å². The average Bonchev–Trinajstić information content (AvgIpc) is 2.90. The van der Waals surface area contributed by atoms with Crippen LogP contribution in [0.15, 0.2) is 12.2 Å². The Bertz CT molecular complexity index is 428. The summed E-state index contributed by atoms with van der Waals surface area (Å²) in [6.07, 6.45) is 39.8. The molecule has 0 saturated heterocycles. The molecule has 0 radical (unpaired) electrons. The lowest BCUT2D eigenvalue weighted by Crippen LogP contribution is -2.27. The largest absolute Gasteiger partial charge is 0.303 e. The standard InChI is InChI=1S/C36H73N/c1-5-8-10-12-14-16-18-20-21-23-25-27-29-31-36(4)32-35-37(33-7-3)34-30-28-26-24-22-19-17-15-13-11-9-6-2/h4-35H2,1-3H3. The first-order chi connectivity index (χ1) is 18.2. The van der Waals surface area contributed by atoms with Gasteiger partial charge in [-0.3, -0.25) is 0 Å². The van der Waals surface area contributed by atoms with E-state index in [1.165, 1.54) is 205 Å². The first-order valence-electron chi connectivity index (χ1n) is 17.6. The van der Waals surface area contributed by atoms with Crippen molar-refractivity contribution in [2.45, 2.75) is 201 Å². The van der Waals surface area contributed by atoms with E-state index in [1.807, 2.05) is 0 Å². The van der Waals surface area contributed by atoms with Crippen molar-refractivity contribution in [1.82, 2.24) is 4.90 Å². The molecule has 0 unspecified atom stereocenters. The Morgan fingerprint density at radius 3 is 1.08 bits per heavy atom. The van der Waals surface area contributed by atoms with E-state index in [4.69, 9.17) is 0 Å². The minimum atomic E-state index is 1.22. The zero-order valence-corrected chi connectivity index (χ0v) is 26.6. The van der Waals surface area contributed by atoms with Gasteiger partial charge in [0.05, 0.1) is 0 Å². The molecule has 37 heavy (non-hydrogen) atoms. The summed E-state index contributed by atoms with van der Waals surface area (Å²) < 4.78 is 0. The van der Waals surface area contributed by atoms with Crippen molar-refractivity contribution >= 4 is 0 Å². The summed E-state index contributed by atoms with van der Waals surface area (Å²) in [6, 6.07) is 0. The van der Waals surface area contributed by atoms with Crippen LogP contribution in [0.4, 0.5) is 0 Å². The van der Waals surface area contributed by atoms with Crippen molar-refractivity contribution in [1.29, 1.82) is 0 Å². The van der Waals surface area contributed by atoms with Gasteiger partial charge in [0.15, 0.2) is 0 Å². The number of rotatable bonds is 32. The normalized spacial score (nSPS) is 11.6. The number of nitrogens with zero attached hydrogens (tertiary/aromatic N) is 1. The van der Waals surface area contributed by atoms with Gasteiger partial charge in [-0.2, -0.15) is 0 Å². The van der Waals surface area contributed by atoms with Gasteiger partial charge in [-0.1, -0.05) is 181 Å². The number of unbranched alkanes of at least 4 members (excludes halogenated alkanes) is 23. The molecule has 0 aliphatic carbocycles. The molecule has 0 bridgehead atoms. The minimum absolute atomic E-state index is 1.22. The fourth-order valence-electron chi connectivity index (χ4n) is 5.66. The van der Waals surface area contributed by atoms with Gasteiger partial charge >= 0.3 is 0 Å². The molecule has 0 aromatic rings. The van der Waals surface area contributed by atoms with Crippen LogP contribution in [-0.2, 0) is 0 Å². The van der Waals surface area contributed by atoms with E-state index in [1.54, 1.807) is 0 Å². The molecular weight excluding hydrogens is 446 g/mol. The van der Waals surface area contributed by atoms with Crippen LogP contribution in [0.2, 0.25) is 0 Å². The van der Waals surface area contributed by atoms with Crippen molar-refractivity contribution in [2.24, 2.45) is 0 Å². The fourth-order valence-corrected chi connectivity index (χ4v) is 5.66. The molecule has 0 N–H and O–H groups in total. The molecule has 0 aliphatic rings. The maximum absolute atomic E-state index is 4.42. The molecule has 0 aromatic heterocycles. The third kappa shape index (κ3) is 30.1. The maximum atomic E-state index is 4.42. The Morgan fingerprint density at radius 2 is 0.703 bits per heavy atom. The Labute approximate surface area is 237 Å². The second-order valence-electron chi connectivity index (χ2n) is 12.2. The first-order valence-corrected chi connectivity index (χ1v) is 17.6. The molecule has 1 nitrogen and oxygen atoms in total. The second kappa shape index (κ2) is 31.9. The van der Waals surface area contributed by atoms with Crippen molar-refractivity contribution in [3.8, 4) is 0 Å². The van der Waals surface area contributed by atoms with Crippen LogP contribution in [0.5, 0.6) is 0 Å². The topological polar surface area (TPSA) is 3.24 Å². The van der Waals surface area contributed by atoms with Crippen LogP contribution in [0, 0.1) is 0 Å². The van der Waals surface area contributed by atoms with E-state index in [2.05, 4.69) is 32.3 Å². The van der Waals surface area contributed by atoms with Crippen molar-refractivity contribution in [2.75, 3.05) is 19.6 Å². The molecule has 0 heterocycles. The van der Waals surface area contributed by atoms with Gasteiger partial charge in [0.25, 0.3) is 0 Å². The zero-order chi connectivity index (χ0) is 27.1. The summed E-state index contributed by atoms with van der Waals surface area (Å²) in [7, 11) is 0. The zero-order valence-electron chi connectivity index (χ0n) is 26.6. The molecule has 0 aromatic carbocycles. The van der Waals surface area contributed by atoms with Crippen LogP contribution in [0.25, 0.3) is 0 Å². The van der Waals surface area contributed by atoms with Gasteiger partial charge in [-0.25, -0.2) is 0 Å². The van der Waals surface area contributed by atoms with Crippen molar-refractivity contribution in [3.63, 3.8) is 0 Å². The Balaban J connectivity index is 3.51. The summed E-state index contributed by atoms with van der Waals surface area (Å²) >= 11 is 0. The van der Waals surface area contributed by atoms with Crippen LogP contribution in [0.1, 0.15) is 201 Å². The molecular formula is C36H73N. The average molecular weight is 520 g/mol. The van der Waals surface area contributed by atoms with E-state index in [-0.39, 0.29) is 0 Å². The monoisotopic (exact) mass is 520 g/mol. The lowest BCUT2D eigenvalue weighted by molar-refractivity contribution is 0.269. The maximum Gasteiger partial charge on any atom is 0.00185 e. The highest BCUT2D eigenvalue weighted by molar-refractivity contribution is 4.94. The quantitative estimate of drug-likeness (QED) is 0.0630. The van der Waals surface area contributed by atoms with E-state index in [0.29, 0.717) is 0 Å². The van der Waals surface area contributed by atoms with Crippen molar-refractivity contribution < 1.29 is 0 Å². The van der Waals surface area contributed by atoms with Crippen LogP contribution in [0.3, 0.4) is 0 Å². The minimum Gasteiger partial charge on any atom is -0.303 e. The summed E-state index contributed by atoms with van der Waals surface area (Å²) in [4.78, 5) is 2.71. The Morgan fingerprint density at radius 1 is 0.351 bits per heavy atom. The highest BCUT2D eigenvalue weighted by Crippen LogP contribution is 2.16. The van der Waals surface area contributed by atoms with Crippen molar-refractivity contribution in [3.05, 3.63) is 12.2 Å². The van der Waals surface area contributed by atoms with E-state index in [0.717, 1.165) is 0 Å². The molecule has 0 rings (SSSR count). The third-order valence-corrected chi connectivity index (χ3v) is 8.28. The van der Waals surface area contributed by atoms with Gasteiger partial charge in [0, 0.05) is 6.54 Å². The highest BCUT2D eigenvalue weighted by atomic mass is 15.1. The number of hydrogen-bond donors (Lipinski definition) is 0. The fraction of sp³-hybridized carbons (Fsp3) is 0.944. The smallest absolute Gasteiger partial charge is 0.00185 e. The number of hydrogen-bond acceptors (Lipinski definition) is 1. The van der Waals surface area contributed by atoms with Gasteiger partial charge in [-0.05, 0) is 45.2 Å². The highest BCUT2D eigenvalue weighted by Gasteiger charge is 2.05. The summed E-state index contributed by atoms with van der Waals surface area (Å²) in [5, 5.41) is 0. The van der Waals surface area contributed by atoms with E-state index < -0.39 is 0 Å². The molecule has 1 heteroatoms. The predicted molar refractivity (Wildman–Crippen MR) is 172 cm³/mol.